The van der Waals surface area contributed by atoms with Crippen molar-refractivity contribution in [2.45, 2.75) is 66.5 Å². The molecule has 1 aliphatic rings. The molecule has 5 nitrogen and oxygen atoms in total. The third kappa shape index (κ3) is 5.89. The minimum absolute atomic E-state index is 0.461. The lowest BCUT2D eigenvalue weighted by Gasteiger charge is -2.45. The Morgan fingerprint density at radius 2 is 1.86 bits per heavy atom. The molecule has 0 aliphatic carbocycles. The van der Waals surface area contributed by atoms with E-state index in [1.165, 1.54) is 22.3 Å². The highest BCUT2D eigenvalue weighted by Gasteiger charge is 2.32. The number of likely N-dealkylation sites (tertiary alicyclic amines) is 1. The summed E-state index contributed by atoms with van der Waals surface area (Å²) >= 11 is 0. The van der Waals surface area contributed by atoms with Gasteiger partial charge < -0.3 is 9.47 Å². The van der Waals surface area contributed by atoms with E-state index in [4.69, 9.17) is 9.97 Å². The molecule has 0 saturated carbocycles. The zero-order valence-electron chi connectivity index (χ0n) is 22.9. The van der Waals surface area contributed by atoms with Crippen molar-refractivity contribution in [2.24, 2.45) is 5.92 Å². The van der Waals surface area contributed by atoms with Crippen molar-refractivity contribution in [2.75, 3.05) is 26.2 Å². The Kier molecular flexibility index (Phi) is 8.30. The molecule has 1 aromatic carbocycles. The normalized spacial score (nSPS) is 16.1. The van der Waals surface area contributed by atoms with Crippen LogP contribution < -0.4 is 0 Å². The lowest BCUT2D eigenvalue weighted by molar-refractivity contribution is 0.126. The Morgan fingerprint density at radius 1 is 1.14 bits per heavy atom. The van der Waals surface area contributed by atoms with Crippen molar-refractivity contribution in [3.63, 3.8) is 0 Å². The second kappa shape index (κ2) is 11.4. The molecular formula is C31H43N5. The minimum Gasteiger partial charge on any atom is -0.376 e. The lowest BCUT2D eigenvalue weighted by atomic mass is 9.95. The van der Waals surface area contributed by atoms with Crippen LogP contribution in [-0.2, 0) is 19.4 Å². The smallest absolute Gasteiger partial charge is 0.160 e. The number of benzene rings is 1. The molecular weight excluding hydrogens is 442 g/mol. The maximum absolute atomic E-state index is 4.89. The quantitative estimate of drug-likeness (QED) is 0.298. The molecule has 2 aromatic heterocycles. The van der Waals surface area contributed by atoms with E-state index >= 15 is 0 Å². The largest absolute Gasteiger partial charge is 0.376 e. The Bertz CT molecular complexity index is 1200. The van der Waals surface area contributed by atoms with Crippen molar-refractivity contribution in [1.29, 1.82) is 0 Å². The van der Waals surface area contributed by atoms with Gasteiger partial charge in [0.25, 0.3) is 0 Å². The van der Waals surface area contributed by atoms with Crippen LogP contribution in [0.5, 0.6) is 0 Å². The molecule has 5 heteroatoms. The third-order valence-electron chi connectivity index (χ3n) is 7.28. The average Bonchev–Trinajstić information content (AvgIpc) is 3.19. The molecule has 1 atom stereocenters. The van der Waals surface area contributed by atoms with Gasteiger partial charge in [-0.15, -0.1) is 0 Å². The molecule has 0 amide bonds. The van der Waals surface area contributed by atoms with Gasteiger partial charge in [-0.05, 0) is 73.7 Å². The van der Waals surface area contributed by atoms with Crippen molar-refractivity contribution < 1.29 is 0 Å². The second-order valence-electron chi connectivity index (χ2n) is 10.8. The number of pyridine rings is 1. The van der Waals surface area contributed by atoms with Crippen LogP contribution in [0.4, 0.5) is 0 Å². The maximum atomic E-state index is 4.89. The van der Waals surface area contributed by atoms with Crippen molar-refractivity contribution in [1.82, 2.24) is 24.3 Å². The fraction of sp³-hybridized carbons (Fsp3) is 0.484. The van der Waals surface area contributed by atoms with E-state index in [2.05, 4.69) is 92.5 Å². The summed E-state index contributed by atoms with van der Waals surface area (Å²) in [6.45, 7) is 24.2. The zero-order valence-corrected chi connectivity index (χ0v) is 22.9. The molecule has 0 spiro atoms. The van der Waals surface area contributed by atoms with Gasteiger partial charge in [-0.3, -0.25) is 4.90 Å². The lowest BCUT2D eigenvalue weighted by Crippen LogP contribution is -2.55. The molecule has 0 bridgehead atoms. The van der Waals surface area contributed by atoms with Crippen molar-refractivity contribution >= 4 is 11.2 Å². The summed E-state index contributed by atoms with van der Waals surface area (Å²) in [4.78, 5) is 14.6. The maximum Gasteiger partial charge on any atom is 0.160 e. The average molecular weight is 486 g/mol. The highest BCUT2D eigenvalue weighted by molar-refractivity contribution is 5.76. The van der Waals surface area contributed by atoms with Gasteiger partial charge in [0.2, 0.25) is 0 Å². The molecule has 0 unspecified atom stereocenters. The second-order valence-corrected chi connectivity index (χ2v) is 10.8. The summed E-state index contributed by atoms with van der Waals surface area (Å²) in [5.41, 5.74) is 8.33. The number of aryl methyl sites for hydroxylation is 4. The van der Waals surface area contributed by atoms with Crippen LogP contribution in [0.25, 0.3) is 11.2 Å². The Labute approximate surface area is 217 Å². The Hall–Kier alpha value is -2.92. The standard InChI is InChI=1S/C31H43N5/c1-8-29-33-30-23(5)17-25(7)32-31(30)36(29)20-27-14-12-26(13-15-27)11-10-16-35-19-24(6)28(35)21-34(9-2)18-22(3)4/h9,12-15,17,22,28H,2,6,8,10-11,16,18-21H2,1,3-5,7H3/t28-/m0/s1. The first-order valence-electron chi connectivity index (χ1n) is 13.5. The van der Waals surface area contributed by atoms with Crippen molar-refractivity contribution in [3.8, 4) is 0 Å². The van der Waals surface area contributed by atoms with E-state index in [-0.39, 0.29) is 0 Å². The van der Waals surface area contributed by atoms with Gasteiger partial charge in [-0.25, -0.2) is 9.97 Å². The molecule has 1 fully saturated rings. The summed E-state index contributed by atoms with van der Waals surface area (Å²) in [5.74, 6) is 1.74. The first-order valence-corrected chi connectivity index (χ1v) is 13.5. The molecule has 3 heterocycles. The van der Waals surface area contributed by atoms with Crippen LogP contribution in [0.3, 0.4) is 0 Å². The summed E-state index contributed by atoms with van der Waals surface area (Å²) < 4.78 is 2.28. The van der Waals surface area contributed by atoms with E-state index < -0.39 is 0 Å². The summed E-state index contributed by atoms with van der Waals surface area (Å²) in [6.07, 6.45) is 5.15. The zero-order chi connectivity index (χ0) is 25.8. The number of nitrogens with zero attached hydrogens (tertiary/aromatic N) is 5. The van der Waals surface area contributed by atoms with Gasteiger partial charge in [0.1, 0.15) is 11.3 Å². The van der Waals surface area contributed by atoms with Crippen LogP contribution in [0.15, 0.2) is 55.3 Å². The number of aromatic nitrogens is 3. The van der Waals surface area contributed by atoms with E-state index in [9.17, 15) is 0 Å². The van der Waals surface area contributed by atoms with Gasteiger partial charge >= 0.3 is 0 Å². The summed E-state index contributed by atoms with van der Waals surface area (Å²) in [7, 11) is 0. The van der Waals surface area contributed by atoms with Gasteiger partial charge in [0.05, 0.1) is 6.54 Å². The molecule has 0 radical (unpaired) electrons. The summed E-state index contributed by atoms with van der Waals surface area (Å²) in [6, 6.07) is 11.7. The third-order valence-corrected chi connectivity index (χ3v) is 7.28. The van der Waals surface area contributed by atoms with E-state index in [1.54, 1.807) is 0 Å². The van der Waals surface area contributed by atoms with Crippen LogP contribution in [0, 0.1) is 19.8 Å². The SMILES string of the molecule is C=CN(CC(C)C)C[C@H]1C(=C)CN1CCCc1ccc(Cn2c(CC)nc3c(C)cc(C)nc32)cc1. The van der Waals surface area contributed by atoms with E-state index in [0.717, 1.165) is 74.7 Å². The molecule has 1 aliphatic heterocycles. The molecule has 192 valence electrons. The van der Waals surface area contributed by atoms with E-state index in [1.807, 2.05) is 6.20 Å². The number of fused-ring (bicyclic) bond motifs is 1. The van der Waals surface area contributed by atoms with Gasteiger partial charge in [-0.2, -0.15) is 0 Å². The van der Waals surface area contributed by atoms with Crippen LogP contribution in [-0.4, -0.2) is 56.6 Å². The Morgan fingerprint density at radius 3 is 2.50 bits per heavy atom. The molecule has 0 N–H and O–H groups in total. The van der Waals surface area contributed by atoms with Crippen LogP contribution >= 0.6 is 0 Å². The van der Waals surface area contributed by atoms with Gasteiger partial charge in [-0.1, -0.05) is 58.2 Å². The number of rotatable bonds is 12. The fourth-order valence-corrected chi connectivity index (χ4v) is 5.38. The summed E-state index contributed by atoms with van der Waals surface area (Å²) in [5, 5.41) is 0. The molecule has 4 rings (SSSR count). The van der Waals surface area contributed by atoms with Crippen molar-refractivity contribution in [3.05, 3.63) is 83.5 Å². The topological polar surface area (TPSA) is 37.2 Å². The van der Waals surface area contributed by atoms with E-state index in [0.29, 0.717) is 12.0 Å². The minimum atomic E-state index is 0.461. The molecule has 3 aromatic rings. The Balaban J connectivity index is 1.33. The first kappa shape index (κ1) is 26.2. The highest BCUT2D eigenvalue weighted by atomic mass is 15.3. The highest BCUT2D eigenvalue weighted by Crippen LogP contribution is 2.25. The predicted octanol–water partition coefficient (Wildman–Crippen LogP) is 5.93. The number of hydrogen-bond acceptors (Lipinski definition) is 4. The fourth-order valence-electron chi connectivity index (χ4n) is 5.38. The molecule has 36 heavy (non-hydrogen) atoms. The van der Waals surface area contributed by atoms with Gasteiger partial charge in [0.15, 0.2) is 5.65 Å². The number of hydrogen-bond donors (Lipinski definition) is 0. The predicted molar refractivity (Wildman–Crippen MR) is 151 cm³/mol. The monoisotopic (exact) mass is 485 g/mol. The molecule has 1 saturated heterocycles. The van der Waals surface area contributed by atoms with Gasteiger partial charge in [0, 0.05) is 37.8 Å². The van der Waals surface area contributed by atoms with Crippen LogP contribution in [0.2, 0.25) is 0 Å². The first-order chi connectivity index (χ1) is 17.3. The number of imidazole rings is 1. The van der Waals surface area contributed by atoms with Crippen LogP contribution in [0.1, 0.15) is 55.4 Å².